The lowest BCUT2D eigenvalue weighted by Gasteiger charge is -2.03. The largest absolute Gasteiger partial charge is 0.285 e. The highest BCUT2D eigenvalue weighted by atomic mass is 15.5. The highest BCUT2D eigenvalue weighted by molar-refractivity contribution is 5.46. The summed E-state index contributed by atoms with van der Waals surface area (Å²) in [5.41, 5.74) is 3.34. The summed E-state index contributed by atoms with van der Waals surface area (Å²) < 4.78 is 0. The highest BCUT2D eigenvalue weighted by Gasteiger charge is 1.95. The summed E-state index contributed by atoms with van der Waals surface area (Å²) in [6.07, 6.45) is 0. The van der Waals surface area contributed by atoms with Crippen LogP contribution in [0.2, 0.25) is 0 Å². The fourth-order valence-electron chi connectivity index (χ4n) is 1.06. The Morgan fingerprint density at radius 1 is 1.15 bits per heavy atom. The van der Waals surface area contributed by atoms with Gasteiger partial charge in [-0.1, -0.05) is 22.9 Å². The molecule has 0 aliphatic carbocycles. The van der Waals surface area contributed by atoms with E-state index in [2.05, 4.69) is 23.3 Å². The molecule has 3 nitrogen and oxygen atoms in total. The standard InChI is InChI=1S/C10H15N3/c1-8-5-6-10(9(2)7-8)11-12-13(3)4/h5-7H,1-4H3. The molecule has 0 bridgehead atoms. The van der Waals surface area contributed by atoms with Gasteiger partial charge in [0.2, 0.25) is 0 Å². The molecule has 1 aromatic carbocycles. The molecule has 0 aliphatic rings. The van der Waals surface area contributed by atoms with E-state index in [1.807, 2.05) is 33.2 Å². The van der Waals surface area contributed by atoms with Crippen molar-refractivity contribution in [3.8, 4) is 0 Å². The maximum atomic E-state index is 4.10. The Hall–Kier alpha value is -1.38. The molecule has 0 saturated heterocycles. The first kappa shape index (κ1) is 9.71. The Morgan fingerprint density at radius 3 is 2.38 bits per heavy atom. The summed E-state index contributed by atoms with van der Waals surface area (Å²) >= 11 is 0. The number of aryl methyl sites for hydroxylation is 2. The molecule has 1 rings (SSSR count). The van der Waals surface area contributed by atoms with Gasteiger partial charge in [0.25, 0.3) is 0 Å². The van der Waals surface area contributed by atoms with E-state index in [9.17, 15) is 0 Å². The molecule has 70 valence electrons. The molecule has 0 radical (unpaired) electrons. The molecule has 0 unspecified atom stereocenters. The predicted octanol–water partition coefficient (Wildman–Crippen LogP) is 2.86. The van der Waals surface area contributed by atoms with Crippen molar-refractivity contribution >= 4 is 5.69 Å². The van der Waals surface area contributed by atoms with Gasteiger partial charge >= 0.3 is 0 Å². The minimum absolute atomic E-state index is 0.930. The van der Waals surface area contributed by atoms with Crippen molar-refractivity contribution in [3.05, 3.63) is 29.3 Å². The van der Waals surface area contributed by atoms with Gasteiger partial charge < -0.3 is 0 Å². The second kappa shape index (κ2) is 4.03. The molecular formula is C10H15N3. The van der Waals surface area contributed by atoms with Gasteiger partial charge in [0, 0.05) is 14.1 Å². The van der Waals surface area contributed by atoms with Crippen LogP contribution in [0, 0.1) is 13.8 Å². The average Bonchev–Trinajstić information content (AvgIpc) is 2.02. The molecule has 0 N–H and O–H groups in total. The zero-order valence-electron chi connectivity index (χ0n) is 8.57. The third-order valence-corrected chi connectivity index (χ3v) is 1.68. The topological polar surface area (TPSA) is 28.0 Å². The minimum atomic E-state index is 0.930. The first-order chi connectivity index (χ1) is 6.09. The molecule has 0 atom stereocenters. The summed E-state index contributed by atoms with van der Waals surface area (Å²) in [6, 6.07) is 6.12. The van der Waals surface area contributed by atoms with Crippen molar-refractivity contribution < 1.29 is 0 Å². The molecule has 3 heteroatoms. The summed E-state index contributed by atoms with van der Waals surface area (Å²) in [5, 5.41) is 9.72. The van der Waals surface area contributed by atoms with E-state index in [1.165, 1.54) is 5.56 Å². The molecule has 0 spiro atoms. The SMILES string of the molecule is Cc1ccc(N=NN(C)C)c(C)c1. The van der Waals surface area contributed by atoms with Gasteiger partial charge in [0.05, 0.1) is 5.69 Å². The van der Waals surface area contributed by atoms with Gasteiger partial charge in [-0.15, -0.1) is 5.11 Å². The Morgan fingerprint density at radius 2 is 1.85 bits per heavy atom. The molecule has 0 aliphatic heterocycles. The van der Waals surface area contributed by atoms with Crippen LogP contribution in [-0.2, 0) is 0 Å². The molecule has 0 fully saturated rings. The first-order valence-electron chi connectivity index (χ1n) is 4.26. The summed E-state index contributed by atoms with van der Waals surface area (Å²) in [7, 11) is 3.71. The van der Waals surface area contributed by atoms with E-state index in [4.69, 9.17) is 0 Å². The van der Waals surface area contributed by atoms with Crippen LogP contribution in [0.15, 0.2) is 28.5 Å². The van der Waals surface area contributed by atoms with E-state index in [-0.39, 0.29) is 0 Å². The van der Waals surface area contributed by atoms with Crippen molar-refractivity contribution in [2.75, 3.05) is 14.1 Å². The summed E-state index contributed by atoms with van der Waals surface area (Å²) in [5.74, 6) is 0. The normalized spacial score (nSPS) is 10.8. The van der Waals surface area contributed by atoms with Crippen molar-refractivity contribution in [3.63, 3.8) is 0 Å². The number of hydrogen-bond donors (Lipinski definition) is 0. The Balaban J connectivity index is 2.90. The van der Waals surface area contributed by atoms with E-state index in [0.29, 0.717) is 0 Å². The van der Waals surface area contributed by atoms with Crippen LogP contribution in [0.4, 0.5) is 5.69 Å². The van der Waals surface area contributed by atoms with Crippen LogP contribution in [0.1, 0.15) is 11.1 Å². The van der Waals surface area contributed by atoms with Gasteiger partial charge in [-0.25, -0.2) is 0 Å². The van der Waals surface area contributed by atoms with E-state index >= 15 is 0 Å². The van der Waals surface area contributed by atoms with Crippen molar-refractivity contribution in [1.29, 1.82) is 0 Å². The van der Waals surface area contributed by atoms with Crippen LogP contribution in [-0.4, -0.2) is 19.1 Å². The van der Waals surface area contributed by atoms with Gasteiger partial charge in [0.15, 0.2) is 0 Å². The second-order valence-corrected chi connectivity index (χ2v) is 3.33. The van der Waals surface area contributed by atoms with Gasteiger partial charge in [0.1, 0.15) is 0 Å². The maximum Gasteiger partial charge on any atom is 0.0903 e. The zero-order chi connectivity index (χ0) is 9.84. The van der Waals surface area contributed by atoms with E-state index in [1.54, 1.807) is 5.01 Å². The summed E-state index contributed by atoms with van der Waals surface area (Å²) in [4.78, 5) is 0. The number of hydrogen-bond acceptors (Lipinski definition) is 2. The van der Waals surface area contributed by atoms with Crippen molar-refractivity contribution in [1.82, 2.24) is 5.01 Å². The Labute approximate surface area is 79.1 Å². The highest BCUT2D eigenvalue weighted by Crippen LogP contribution is 2.19. The third-order valence-electron chi connectivity index (χ3n) is 1.68. The van der Waals surface area contributed by atoms with Crippen LogP contribution in [0.3, 0.4) is 0 Å². The second-order valence-electron chi connectivity index (χ2n) is 3.33. The molecule has 1 aromatic rings. The first-order valence-corrected chi connectivity index (χ1v) is 4.26. The molecule has 0 saturated carbocycles. The van der Waals surface area contributed by atoms with Gasteiger partial charge in [-0.2, -0.15) is 0 Å². The maximum absolute atomic E-state index is 4.10. The Kier molecular flexibility index (Phi) is 3.01. The molecule has 0 amide bonds. The lowest BCUT2D eigenvalue weighted by molar-refractivity contribution is 0.408. The summed E-state index contributed by atoms with van der Waals surface area (Å²) in [6.45, 7) is 4.11. The van der Waals surface area contributed by atoms with Gasteiger partial charge in [-0.05, 0) is 25.5 Å². The van der Waals surface area contributed by atoms with Crippen LogP contribution in [0.5, 0.6) is 0 Å². The van der Waals surface area contributed by atoms with Crippen molar-refractivity contribution in [2.24, 2.45) is 10.3 Å². The lowest BCUT2D eigenvalue weighted by atomic mass is 10.1. The molecular weight excluding hydrogens is 162 g/mol. The number of nitrogens with zero attached hydrogens (tertiary/aromatic N) is 3. The monoisotopic (exact) mass is 177 g/mol. The molecule has 0 aromatic heterocycles. The zero-order valence-corrected chi connectivity index (χ0v) is 8.57. The number of benzene rings is 1. The van der Waals surface area contributed by atoms with Crippen molar-refractivity contribution in [2.45, 2.75) is 13.8 Å². The van der Waals surface area contributed by atoms with Crippen LogP contribution < -0.4 is 0 Å². The average molecular weight is 177 g/mol. The molecule has 13 heavy (non-hydrogen) atoms. The minimum Gasteiger partial charge on any atom is -0.285 e. The number of rotatable bonds is 2. The van der Waals surface area contributed by atoms with E-state index < -0.39 is 0 Å². The van der Waals surface area contributed by atoms with Crippen LogP contribution >= 0.6 is 0 Å². The van der Waals surface area contributed by atoms with E-state index in [0.717, 1.165) is 11.3 Å². The molecule has 0 heterocycles. The Bertz CT molecular complexity index is 316. The fraction of sp³-hybridized carbons (Fsp3) is 0.400. The smallest absolute Gasteiger partial charge is 0.0903 e. The quantitative estimate of drug-likeness (QED) is 0.504. The van der Waals surface area contributed by atoms with Gasteiger partial charge in [-0.3, -0.25) is 5.01 Å². The predicted molar refractivity (Wildman–Crippen MR) is 54.1 cm³/mol. The van der Waals surface area contributed by atoms with Crippen LogP contribution in [0.25, 0.3) is 0 Å². The fourth-order valence-corrected chi connectivity index (χ4v) is 1.06. The third kappa shape index (κ3) is 2.86. The lowest BCUT2D eigenvalue weighted by Crippen LogP contribution is -1.99.